The smallest absolute Gasteiger partial charge is 0.236 e. The van der Waals surface area contributed by atoms with Crippen molar-refractivity contribution in [2.75, 3.05) is 33.2 Å². The van der Waals surface area contributed by atoms with E-state index in [4.69, 9.17) is 0 Å². The molecule has 0 unspecified atom stereocenters. The molecule has 0 atom stereocenters. The van der Waals surface area contributed by atoms with E-state index in [9.17, 15) is 9.59 Å². The molecule has 17 heavy (non-hydrogen) atoms. The predicted octanol–water partition coefficient (Wildman–Crippen LogP) is 0.311. The number of likely N-dealkylation sites (N-methyl/N-ethyl adjacent to an activating group) is 2. The van der Waals surface area contributed by atoms with Gasteiger partial charge in [0, 0.05) is 26.2 Å². The molecule has 0 aromatic heterocycles. The van der Waals surface area contributed by atoms with Gasteiger partial charge in [0.05, 0.1) is 13.1 Å². The molecule has 0 spiro atoms. The number of hydrogen-bond donors (Lipinski definition) is 1. The minimum absolute atomic E-state index is 0.00680. The van der Waals surface area contributed by atoms with Crippen molar-refractivity contribution in [1.82, 2.24) is 15.1 Å². The first-order valence-corrected chi connectivity index (χ1v) is 6.18. The second-order valence-electron chi connectivity index (χ2n) is 4.27. The van der Waals surface area contributed by atoms with Crippen LogP contribution < -0.4 is 5.32 Å². The summed E-state index contributed by atoms with van der Waals surface area (Å²) in [5.41, 5.74) is 0. The summed E-state index contributed by atoms with van der Waals surface area (Å²) in [5.74, 6) is 0.0438. The van der Waals surface area contributed by atoms with Crippen molar-refractivity contribution in [3.8, 4) is 0 Å². The van der Waals surface area contributed by atoms with Crippen molar-refractivity contribution in [3.63, 3.8) is 0 Å². The zero-order valence-electron chi connectivity index (χ0n) is 11.6. The van der Waals surface area contributed by atoms with Gasteiger partial charge in [-0.05, 0) is 27.7 Å². The lowest BCUT2D eigenvalue weighted by atomic mass is 10.3. The van der Waals surface area contributed by atoms with E-state index in [0.29, 0.717) is 13.1 Å². The monoisotopic (exact) mass is 243 g/mol. The molecule has 0 aromatic rings. The van der Waals surface area contributed by atoms with E-state index < -0.39 is 0 Å². The Labute approximate surface area is 104 Å². The quantitative estimate of drug-likeness (QED) is 0.700. The van der Waals surface area contributed by atoms with Gasteiger partial charge in [0.15, 0.2) is 0 Å². The van der Waals surface area contributed by atoms with Crippen LogP contribution in [0.5, 0.6) is 0 Å². The van der Waals surface area contributed by atoms with Crippen LogP contribution in [0, 0.1) is 0 Å². The van der Waals surface area contributed by atoms with Crippen molar-refractivity contribution in [2.24, 2.45) is 0 Å². The summed E-state index contributed by atoms with van der Waals surface area (Å²) in [7, 11) is 1.76. The third kappa shape index (κ3) is 5.68. The molecule has 0 aliphatic carbocycles. The van der Waals surface area contributed by atoms with Crippen LogP contribution in [0.3, 0.4) is 0 Å². The molecule has 0 aliphatic rings. The normalized spacial score (nSPS) is 10.5. The molecule has 100 valence electrons. The predicted molar refractivity (Wildman–Crippen MR) is 68.7 cm³/mol. The average molecular weight is 243 g/mol. The Kier molecular flexibility index (Phi) is 7.54. The number of nitrogens with zero attached hydrogens (tertiary/aromatic N) is 2. The minimum atomic E-state index is 0.00680. The highest BCUT2D eigenvalue weighted by molar-refractivity contribution is 5.81. The Morgan fingerprint density at radius 1 is 1.06 bits per heavy atom. The molecular formula is C12H25N3O2. The average Bonchev–Trinajstić information content (AvgIpc) is 2.29. The summed E-state index contributed by atoms with van der Waals surface area (Å²) >= 11 is 0. The van der Waals surface area contributed by atoms with Gasteiger partial charge in [-0.15, -0.1) is 0 Å². The van der Waals surface area contributed by atoms with E-state index in [0.717, 1.165) is 0 Å². The lowest BCUT2D eigenvalue weighted by molar-refractivity contribution is -0.131. The fraction of sp³-hybridized carbons (Fsp3) is 0.833. The molecule has 1 N–H and O–H groups in total. The number of carbonyl (C=O) groups excluding carboxylic acids is 2. The van der Waals surface area contributed by atoms with E-state index in [2.05, 4.69) is 5.32 Å². The summed E-state index contributed by atoms with van der Waals surface area (Å²) < 4.78 is 0. The van der Waals surface area contributed by atoms with Crippen molar-refractivity contribution >= 4 is 11.8 Å². The lowest BCUT2D eigenvalue weighted by Gasteiger charge is -2.22. The fourth-order valence-electron chi connectivity index (χ4n) is 1.38. The van der Waals surface area contributed by atoms with Gasteiger partial charge in [-0.1, -0.05) is 0 Å². The van der Waals surface area contributed by atoms with Gasteiger partial charge in [-0.2, -0.15) is 0 Å². The van der Waals surface area contributed by atoms with E-state index >= 15 is 0 Å². The highest BCUT2D eigenvalue weighted by Crippen LogP contribution is 1.93. The molecule has 0 saturated heterocycles. The molecule has 0 fully saturated rings. The third-order valence-corrected chi connectivity index (χ3v) is 2.84. The van der Waals surface area contributed by atoms with Crippen molar-refractivity contribution < 1.29 is 9.59 Å². The van der Waals surface area contributed by atoms with Crippen LogP contribution in [0.4, 0.5) is 0 Å². The van der Waals surface area contributed by atoms with Gasteiger partial charge in [-0.3, -0.25) is 14.9 Å². The van der Waals surface area contributed by atoms with Gasteiger partial charge in [0.25, 0.3) is 0 Å². The highest BCUT2D eigenvalue weighted by atomic mass is 16.2. The Hall–Kier alpha value is -1.10. The maximum atomic E-state index is 11.6. The summed E-state index contributed by atoms with van der Waals surface area (Å²) in [6.07, 6.45) is 0. The molecule has 0 heterocycles. The Bertz CT molecular complexity index is 236. The zero-order valence-corrected chi connectivity index (χ0v) is 11.6. The topological polar surface area (TPSA) is 52.7 Å². The molecule has 5 heteroatoms. The van der Waals surface area contributed by atoms with Crippen LogP contribution in [-0.4, -0.2) is 60.9 Å². The molecule has 5 nitrogen and oxygen atoms in total. The van der Waals surface area contributed by atoms with Crippen LogP contribution in [-0.2, 0) is 9.59 Å². The zero-order chi connectivity index (χ0) is 13.4. The molecule has 2 amide bonds. The fourth-order valence-corrected chi connectivity index (χ4v) is 1.38. The van der Waals surface area contributed by atoms with Crippen LogP contribution in [0.25, 0.3) is 0 Å². The van der Waals surface area contributed by atoms with Crippen LogP contribution in [0.1, 0.15) is 27.7 Å². The molecule has 0 rings (SSSR count). The maximum absolute atomic E-state index is 11.6. The van der Waals surface area contributed by atoms with Gasteiger partial charge >= 0.3 is 0 Å². The van der Waals surface area contributed by atoms with Gasteiger partial charge in [0.2, 0.25) is 11.8 Å². The Morgan fingerprint density at radius 3 is 1.94 bits per heavy atom. The lowest BCUT2D eigenvalue weighted by Crippen LogP contribution is -2.43. The molecule has 0 radical (unpaired) electrons. The third-order valence-electron chi connectivity index (χ3n) is 2.84. The SMILES string of the molecule is CCN(CC)C(=O)CNCC(=O)N(C)C(C)C. The molecular weight excluding hydrogens is 218 g/mol. The van der Waals surface area contributed by atoms with Crippen molar-refractivity contribution in [2.45, 2.75) is 33.7 Å². The maximum Gasteiger partial charge on any atom is 0.236 e. The van der Waals surface area contributed by atoms with Gasteiger partial charge < -0.3 is 9.80 Å². The van der Waals surface area contributed by atoms with Crippen molar-refractivity contribution in [1.29, 1.82) is 0 Å². The first-order chi connectivity index (χ1) is 7.93. The van der Waals surface area contributed by atoms with Crippen LogP contribution >= 0.6 is 0 Å². The second-order valence-corrected chi connectivity index (χ2v) is 4.27. The highest BCUT2D eigenvalue weighted by Gasteiger charge is 2.13. The molecule has 0 aromatic carbocycles. The summed E-state index contributed by atoms with van der Waals surface area (Å²) in [5, 5.41) is 2.89. The number of amides is 2. The Morgan fingerprint density at radius 2 is 1.53 bits per heavy atom. The first-order valence-electron chi connectivity index (χ1n) is 6.18. The molecule has 0 bridgehead atoms. The first kappa shape index (κ1) is 15.9. The van der Waals surface area contributed by atoms with Gasteiger partial charge in [0.1, 0.15) is 0 Å². The van der Waals surface area contributed by atoms with E-state index in [-0.39, 0.29) is 30.9 Å². The van der Waals surface area contributed by atoms with Crippen molar-refractivity contribution in [3.05, 3.63) is 0 Å². The van der Waals surface area contributed by atoms with E-state index in [1.165, 1.54) is 0 Å². The van der Waals surface area contributed by atoms with Gasteiger partial charge in [-0.25, -0.2) is 0 Å². The van der Waals surface area contributed by atoms with E-state index in [1.807, 2.05) is 27.7 Å². The summed E-state index contributed by atoms with van der Waals surface area (Å²) in [4.78, 5) is 26.6. The summed E-state index contributed by atoms with van der Waals surface area (Å²) in [6.45, 7) is 9.64. The largest absolute Gasteiger partial charge is 0.342 e. The molecule has 0 aliphatic heterocycles. The number of carbonyl (C=O) groups is 2. The minimum Gasteiger partial charge on any atom is -0.342 e. The van der Waals surface area contributed by atoms with E-state index in [1.54, 1.807) is 16.8 Å². The standard InChI is InChI=1S/C12H25N3O2/c1-6-15(7-2)12(17)9-13-8-11(16)14(5)10(3)4/h10,13H,6-9H2,1-5H3. The number of rotatable bonds is 7. The number of nitrogens with one attached hydrogen (secondary N) is 1. The number of hydrogen-bond acceptors (Lipinski definition) is 3. The van der Waals surface area contributed by atoms with Crippen LogP contribution in [0.2, 0.25) is 0 Å². The Balaban J connectivity index is 3.91. The molecule has 0 saturated carbocycles. The van der Waals surface area contributed by atoms with Crippen LogP contribution in [0.15, 0.2) is 0 Å². The summed E-state index contributed by atoms with van der Waals surface area (Å²) in [6, 6.07) is 0.183. The second kappa shape index (κ2) is 8.06.